The van der Waals surface area contributed by atoms with Gasteiger partial charge >= 0.3 is 5.97 Å². The molecule has 2 aromatic carbocycles. The zero-order valence-corrected chi connectivity index (χ0v) is 13.9. The highest BCUT2D eigenvalue weighted by atomic mass is 16.6. The van der Waals surface area contributed by atoms with Gasteiger partial charge in [0.25, 0.3) is 5.69 Å². The van der Waals surface area contributed by atoms with Gasteiger partial charge in [-0.05, 0) is 37.5 Å². The van der Waals surface area contributed by atoms with Crippen molar-refractivity contribution >= 4 is 17.4 Å². The lowest BCUT2D eigenvalue weighted by atomic mass is 9.91. The summed E-state index contributed by atoms with van der Waals surface area (Å²) < 4.78 is 5.03. The van der Waals surface area contributed by atoms with Gasteiger partial charge in [-0.2, -0.15) is 0 Å². The van der Waals surface area contributed by atoms with Gasteiger partial charge in [-0.3, -0.25) is 19.7 Å². The molecule has 2 rings (SSSR count). The smallest absolute Gasteiger partial charge is 0.316 e. The normalized spacial score (nSPS) is 11.6. The third kappa shape index (κ3) is 4.97. The first-order valence-corrected chi connectivity index (χ1v) is 8.02. The Labute approximate surface area is 145 Å². The van der Waals surface area contributed by atoms with E-state index in [-0.39, 0.29) is 23.6 Å². The highest BCUT2D eigenvalue weighted by Gasteiger charge is 2.29. The lowest BCUT2D eigenvalue weighted by Crippen LogP contribution is -2.27. The van der Waals surface area contributed by atoms with Gasteiger partial charge in [0.05, 0.1) is 11.5 Å². The van der Waals surface area contributed by atoms with E-state index in [0.717, 1.165) is 5.56 Å². The molecule has 0 N–H and O–H groups in total. The quantitative estimate of drug-likeness (QED) is 0.241. The molecule has 0 heterocycles. The molecule has 0 aromatic heterocycles. The zero-order chi connectivity index (χ0) is 18.2. The van der Waals surface area contributed by atoms with Gasteiger partial charge in [0.15, 0.2) is 5.78 Å². The highest BCUT2D eigenvalue weighted by molar-refractivity contribution is 6.08. The number of hydrogen-bond acceptors (Lipinski definition) is 5. The third-order valence-electron chi connectivity index (χ3n) is 3.81. The number of nitrogens with zero attached hydrogens (tertiary/aromatic N) is 1. The second-order valence-corrected chi connectivity index (χ2v) is 5.50. The largest absolute Gasteiger partial charge is 0.465 e. The molecule has 2 aromatic rings. The maximum absolute atomic E-state index is 12.7. The summed E-state index contributed by atoms with van der Waals surface area (Å²) in [5.74, 6) is -1.88. The van der Waals surface area contributed by atoms with E-state index >= 15 is 0 Å². The molecule has 6 nitrogen and oxygen atoms in total. The summed E-state index contributed by atoms with van der Waals surface area (Å²) in [7, 11) is 0. The minimum absolute atomic E-state index is 0.103. The van der Waals surface area contributed by atoms with E-state index in [2.05, 4.69) is 0 Å². The molecule has 0 unspecified atom stereocenters. The predicted octanol–water partition coefficient (Wildman–Crippen LogP) is 3.59. The number of benzene rings is 2. The number of rotatable bonds is 8. The third-order valence-corrected chi connectivity index (χ3v) is 3.81. The van der Waals surface area contributed by atoms with Crippen molar-refractivity contribution in [2.75, 3.05) is 6.61 Å². The first-order valence-electron chi connectivity index (χ1n) is 8.02. The van der Waals surface area contributed by atoms with E-state index in [1.807, 2.05) is 30.3 Å². The van der Waals surface area contributed by atoms with Crippen molar-refractivity contribution in [2.45, 2.75) is 19.8 Å². The van der Waals surface area contributed by atoms with Gasteiger partial charge in [0, 0.05) is 17.7 Å². The van der Waals surface area contributed by atoms with Crippen molar-refractivity contribution in [1.82, 2.24) is 0 Å². The van der Waals surface area contributed by atoms with Gasteiger partial charge in [-0.1, -0.05) is 30.3 Å². The molecule has 0 bridgehead atoms. The number of ketones is 1. The van der Waals surface area contributed by atoms with E-state index < -0.39 is 16.8 Å². The van der Waals surface area contributed by atoms with Crippen LogP contribution in [0, 0.1) is 16.0 Å². The van der Waals surface area contributed by atoms with Crippen LogP contribution in [-0.2, 0) is 16.0 Å². The molecule has 0 aliphatic rings. The fraction of sp³-hybridized carbons (Fsp3) is 0.263. The van der Waals surface area contributed by atoms with Gasteiger partial charge < -0.3 is 4.74 Å². The fourth-order valence-electron chi connectivity index (χ4n) is 2.50. The Bertz CT molecular complexity index is 740. The molecule has 0 fully saturated rings. The van der Waals surface area contributed by atoms with Crippen LogP contribution in [0.1, 0.15) is 29.3 Å². The van der Waals surface area contributed by atoms with Gasteiger partial charge in [-0.25, -0.2) is 0 Å². The highest BCUT2D eigenvalue weighted by Crippen LogP contribution is 2.20. The summed E-state index contributed by atoms with van der Waals surface area (Å²) in [5, 5.41) is 10.7. The summed E-state index contributed by atoms with van der Waals surface area (Å²) in [6.45, 7) is 1.87. The van der Waals surface area contributed by atoms with Gasteiger partial charge in [-0.15, -0.1) is 0 Å². The maximum atomic E-state index is 12.7. The maximum Gasteiger partial charge on any atom is 0.316 e. The molecule has 6 heteroatoms. The number of nitro benzene ring substituents is 1. The van der Waals surface area contributed by atoms with E-state index in [4.69, 9.17) is 4.74 Å². The van der Waals surface area contributed by atoms with Gasteiger partial charge in [0.2, 0.25) is 0 Å². The minimum Gasteiger partial charge on any atom is -0.465 e. The van der Waals surface area contributed by atoms with Crippen molar-refractivity contribution in [3.63, 3.8) is 0 Å². The lowest BCUT2D eigenvalue weighted by molar-refractivity contribution is -0.384. The van der Waals surface area contributed by atoms with Crippen LogP contribution in [0.4, 0.5) is 5.69 Å². The van der Waals surface area contributed by atoms with Crippen molar-refractivity contribution < 1.29 is 19.2 Å². The number of carbonyl (C=O) groups excluding carboxylic acids is 2. The Kier molecular flexibility index (Phi) is 6.39. The molecule has 0 aliphatic heterocycles. The second kappa shape index (κ2) is 8.73. The zero-order valence-electron chi connectivity index (χ0n) is 13.9. The number of Topliss-reactive ketones (excluding diaryl/α,β-unsaturated/α-hetero) is 1. The van der Waals surface area contributed by atoms with Crippen molar-refractivity contribution in [2.24, 2.45) is 5.92 Å². The van der Waals surface area contributed by atoms with E-state index in [1.165, 1.54) is 24.3 Å². The summed E-state index contributed by atoms with van der Waals surface area (Å²) >= 11 is 0. The second-order valence-electron chi connectivity index (χ2n) is 5.50. The van der Waals surface area contributed by atoms with E-state index in [9.17, 15) is 19.7 Å². The van der Waals surface area contributed by atoms with Crippen LogP contribution in [0.5, 0.6) is 0 Å². The Morgan fingerprint density at radius 2 is 1.72 bits per heavy atom. The minimum atomic E-state index is -0.929. The number of esters is 1. The van der Waals surface area contributed by atoms with Crippen LogP contribution in [0.3, 0.4) is 0 Å². The Morgan fingerprint density at radius 1 is 1.08 bits per heavy atom. The van der Waals surface area contributed by atoms with Crippen molar-refractivity contribution in [3.8, 4) is 0 Å². The molecule has 130 valence electrons. The molecular formula is C19H19NO5. The van der Waals surface area contributed by atoms with Crippen LogP contribution in [0.2, 0.25) is 0 Å². The molecule has 0 saturated carbocycles. The predicted molar refractivity (Wildman–Crippen MR) is 92.3 cm³/mol. The molecular weight excluding hydrogens is 322 g/mol. The van der Waals surface area contributed by atoms with Crippen molar-refractivity contribution in [1.29, 1.82) is 0 Å². The Balaban J connectivity index is 2.17. The number of hydrogen-bond donors (Lipinski definition) is 0. The monoisotopic (exact) mass is 341 g/mol. The average molecular weight is 341 g/mol. The Morgan fingerprint density at radius 3 is 2.28 bits per heavy atom. The Hall–Kier alpha value is -3.02. The molecule has 25 heavy (non-hydrogen) atoms. The number of nitro groups is 1. The van der Waals surface area contributed by atoms with Crippen LogP contribution in [-0.4, -0.2) is 23.3 Å². The summed E-state index contributed by atoms with van der Waals surface area (Å²) in [5.41, 5.74) is 1.18. The summed E-state index contributed by atoms with van der Waals surface area (Å²) in [4.78, 5) is 35.1. The molecule has 1 atom stereocenters. The van der Waals surface area contributed by atoms with Crippen molar-refractivity contribution in [3.05, 3.63) is 75.8 Å². The first kappa shape index (κ1) is 18.3. The SMILES string of the molecule is CCOC(=O)[C@@H](CCc1ccccc1)C(=O)c1ccc([N+](=O)[O-])cc1. The topological polar surface area (TPSA) is 86.5 Å². The standard InChI is InChI=1S/C19H19NO5/c1-2-25-19(22)17(13-8-14-6-4-3-5-7-14)18(21)15-9-11-16(12-10-15)20(23)24/h3-7,9-12,17H,2,8,13H2,1H3/t17-/m0/s1. The molecule has 0 amide bonds. The number of carbonyl (C=O) groups is 2. The summed E-state index contributed by atoms with van der Waals surface area (Å²) in [6, 6.07) is 14.8. The molecule has 0 saturated heterocycles. The number of ether oxygens (including phenoxy) is 1. The molecule has 0 radical (unpaired) electrons. The van der Waals surface area contributed by atoms with Gasteiger partial charge in [0.1, 0.15) is 5.92 Å². The van der Waals surface area contributed by atoms with Crippen LogP contribution < -0.4 is 0 Å². The summed E-state index contributed by atoms with van der Waals surface area (Å²) in [6.07, 6.45) is 0.877. The van der Waals surface area contributed by atoms with Crippen LogP contribution in [0.25, 0.3) is 0 Å². The molecule has 0 spiro atoms. The van der Waals surface area contributed by atoms with Crippen LogP contribution in [0.15, 0.2) is 54.6 Å². The average Bonchev–Trinajstić information content (AvgIpc) is 2.63. The number of aryl methyl sites for hydroxylation is 1. The number of non-ortho nitro benzene ring substituents is 1. The molecule has 0 aliphatic carbocycles. The van der Waals surface area contributed by atoms with E-state index in [1.54, 1.807) is 6.92 Å². The van der Waals surface area contributed by atoms with E-state index in [0.29, 0.717) is 12.8 Å². The lowest BCUT2D eigenvalue weighted by Gasteiger charge is -2.14. The first-order chi connectivity index (χ1) is 12.0. The van der Waals surface area contributed by atoms with Crippen LogP contribution >= 0.6 is 0 Å². The fourth-order valence-corrected chi connectivity index (χ4v) is 2.50.